The van der Waals surface area contributed by atoms with Gasteiger partial charge in [0, 0.05) is 51.1 Å². The van der Waals surface area contributed by atoms with Crippen LogP contribution in [-0.4, -0.2) is 42.5 Å². The van der Waals surface area contributed by atoms with Gasteiger partial charge in [0.1, 0.15) is 5.60 Å². The summed E-state index contributed by atoms with van der Waals surface area (Å²) in [7, 11) is 0. The number of rotatable bonds is 7. The lowest BCUT2D eigenvalue weighted by atomic mass is 9.84. The van der Waals surface area contributed by atoms with Crippen molar-refractivity contribution in [2.45, 2.75) is 38.3 Å². The van der Waals surface area contributed by atoms with Gasteiger partial charge in [-0.1, -0.05) is 42.5 Å². The SMILES string of the molecule is CC(=O)OC1(c2ccccc2)CCN(CC(C)Nc2ccccc2C(N)=O)CC1. The van der Waals surface area contributed by atoms with Gasteiger partial charge < -0.3 is 20.7 Å². The number of nitrogens with two attached hydrogens (primary N) is 1. The van der Waals surface area contributed by atoms with Gasteiger partial charge in [0.25, 0.3) is 5.91 Å². The maximum absolute atomic E-state index is 11.8. The first kappa shape index (κ1) is 20.9. The number of nitrogens with zero attached hydrogens (tertiary/aromatic N) is 1. The Hall–Kier alpha value is -2.86. The van der Waals surface area contributed by atoms with E-state index < -0.39 is 11.5 Å². The van der Waals surface area contributed by atoms with E-state index in [1.165, 1.54) is 6.92 Å². The van der Waals surface area contributed by atoms with E-state index in [1.807, 2.05) is 42.5 Å². The molecule has 0 aliphatic carbocycles. The summed E-state index contributed by atoms with van der Waals surface area (Å²) < 4.78 is 5.82. The fraction of sp³-hybridized carbons (Fsp3) is 0.391. The third-order valence-electron chi connectivity index (χ3n) is 5.43. The summed E-state index contributed by atoms with van der Waals surface area (Å²) in [4.78, 5) is 25.7. The fourth-order valence-corrected chi connectivity index (χ4v) is 4.09. The lowest BCUT2D eigenvalue weighted by molar-refractivity contribution is -0.164. The highest BCUT2D eigenvalue weighted by atomic mass is 16.6. The van der Waals surface area contributed by atoms with Crippen LogP contribution in [0.25, 0.3) is 0 Å². The molecule has 3 N–H and O–H groups in total. The van der Waals surface area contributed by atoms with Gasteiger partial charge in [0.05, 0.1) is 5.56 Å². The molecule has 2 aromatic carbocycles. The number of esters is 1. The quantitative estimate of drug-likeness (QED) is 0.704. The summed E-state index contributed by atoms with van der Waals surface area (Å²) in [5, 5.41) is 3.40. The Kier molecular flexibility index (Phi) is 6.54. The van der Waals surface area contributed by atoms with Gasteiger partial charge in [0.15, 0.2) is 0 Å². The molecule has 6 heteroatoms. The third kappa shape index (κ3) is 5.15. The van der Waals surface area contributed by atoms with Crippen LogP contribution in [0.4, 0.5) is 5.69 Å². The van der Waals surface area contributed by atoms with E-state index in [0.717, 1.165) is 43.7 Å². The largest absolute Gasteiger partial charge is 0.454 e. The maximum atomic E-state index is 11.8. The number of likely N-dealkylation sites (tertiary alicyclic amines) is 1. The minimum Gasteiger partial charge on any atom is -0.454 e. The molecule has 2 aromatic rings. The molecule has 6 nitrogen and oxygen atoms in total. The van der Waals surface area contributed by atoms with E-state index in [0.29, 0.717) is 5.56 Å². The monoisotopic (exact) mass is 395 g/mol. The number of nitrogens with one attached hydrogen (secondary N) is 1. The smallest absolute Gasteiger partial charge is 0.303 e. The van der Waals surface area contributed by atoms with Crippen LogP contribution in [-0.2, 0) is 15.1 Å². The molecular weight excluding hydrogens is 366 g/mol. The van der Waals surface area contributed by atoms with Crippen molar-refractivity contribution in [3.8, 4) is 0 Å². The normalized spacial score (nSPS) is 17.3. The van der Waals surface area contributed by atoms with Crippen molar-refractivity contribution in [1.82, 2.24) is 4.90 Å². The van der Waals surface area contributed by atoms with Gasteiger partial charge in [-0.2, -0.15) is 0 Å². The topological polar surface area (TPSA) is 84.7 Å². The number of carbonyl (C=O) groups is 2. The lowest BCUT2D eigenvalue weighted by Gasteiger charge is -2.42. The van der Waals surface area contributed by atoms with Crippen LogP contribution in [0.5, 0.6) is 0 Å². The summed E-state index contributed by atoms with van der Waals surface area (Å²) >= 11 is 0. The molecule has 1 unspecified atom stereocenters. The highest BCUT2D eigenvalue weighted by molar-refractivity contribution is 5.98. The van der Waals surface area contributed by atoms with E-state index in [2.05, 4.69) is 17.1 Å². The van der Waals surface area contributed by atoms with Crippen LogP contribution < -0.4 is 11.1 Å². The van der Waals surface area contributed by atoms with Crippen molar-refractivity contribution in [1.29, 1.82) is 0 Å². The van der Waals surface area contributed by atoms with Crippen LogP contribution in [0.2, 0.25) is 0 Å². The molecule has 3 rings (SSSR count). The van der Waals surface area contributed by atoms with E-state index in [9.17, 15) is 9.59 Å². The number of benzene rings is 2. The summed E-state index contributed by atoms with van der Waals surface area (Å²) in [6, 6.07) is 17.4. The molecule has 1 saturated heterocycles. The van der Waals surface area contributed by atoms with E-state index >= 15 is 0 Å². The van der Waals surface area contributed by atoms with Crippen molar-refractivity contribution in [2.75, 3.05) is 25.0 Å². The van der Waals surface area contributed by atoms with Gasteiger partial charge in [-0.05, 0) is 24.6 Å². The Bertz CT molecular complexity index is 845. The van der Waals surface area contributed by atoms with Gasteiger partial charge in [-0.25, -0.2) is 0 Å². The molecule has 1 aliphatic rings. The lowest BCUT2D eigenvalue weighted by Crippen LogP contribution is -2.47. The second kappa shape index (κ2) is 9.09. The Labute approximate surface area is 172 Å². The summed E-state index contributed by atoms with van der Waals surface area (Å²) in [6.45, 7) is 6.03. The molecule has 0 spiro atoms. The predicted octanol–water partition coefficient (Wildman–Crippen LogP) is 3.14. The molecule has 1 heterocycles. The van der Waals surface area contributed by atoms with Crippen molar-refractivity contribution in [3.05, 3.63) is 65.7 Å². The van der Waals surface area contributed by atoms with E-state index in [-0.39, 0.29) is 12.0 Å². The van der Waals surface area contributed by atoms with Gasteiger partial charge in [-0.3, -0.25) is 9.59 Å². The zero-order valence-corrected chi connectivity index (χ0v) is 17.1. The van der Waals surface area contributed by atoms with E-state index in [1.54, 1.807) is 12.1 Å². The third-order valence-corrected chi connectivity index (χ3v) is 5.43. The van der Waals surface area contributed by atoms with Crippen molar-refractivity contribution in [3.63, 3.8) is 0 Å². The Morgan fingerprint density at radius 1 is 1.10 bits per heavy atom. The molecule has 1 fully saturated rings. The summed E-state index contributed by atoms with van der Waals surface area (Å²) in [5.41, 5.74) is 7.21. The standard InChI is InChI=1S/C23H29N3O3/c1-17(25-21-11-7-6-10-20(21)22(24)28)16-26-14-12-23(13-15-26,29-18(2)27)19-8-4-3-5-9-19/h3-11,17,25H,12-16H2,1-2H3,(H2,24,28). The molecule has 0 radical (unpaired) electrons. The summed E-state index contributed by atoms with van der Waals surface area (Å²) in [6.07, 6.45) is 1.50. The van der Waals surface area contributed by atoms with Crippen LogP contribution in [0, 0.1) is 0 Å². The minimum atomic E-state index is -0.557. The first-order valence-electron chi connectivity index (χ1n) is 10.0. The molecule has 29 heavy (non-hydrogen) atoms. The second-order valence-electron chi connectivity index (χ2n) is 7.71. The van der Waals surface area contributed by atoms with Gasteiger partial charge in [0.2, 0.25) is 0 Å². The zero-order valence-electron chi connectivity index (χ0n) is 17.1. The average molecular weight is 396 g/mol. The molecule has 1 amide bonds. The number of anilines is 1. The number of hydrogen-bond donors (Lipinski definition) is 2. The first-order valence-corrected chi connectivity index (χ1v) is 10.0. The number of amides is 1. The fourth-order valence-electron chi connectivity index (χ4n) is 4.09. The Balaban J connectivity index is 1.63. The van der Waals surface area contributed by atoms with Crippen LogP contribution in [0.1, 0.15) is 42.6 Å². The van der Waals surface area contributed by atoms with Gasteiger partial charge in [-0.15, -0.1) is 0 Å². The number of para-hydroxylation sites is 1. The highest BCUT2D eigenvalue weighted by Gasteiger charge is 2.39. The maximum Gasteiger partial charge on any atom is 0.303 e. The molecule has 1 atom stereocenters. The molecule has 0 saturated carbocycles. The molecule has 154 valence electrons. The van der Waals surface area contributed by atoms with Crippen molar-refractivity contribution < 1.29 is 14.3 Å². The number of hydrogen-bond acceptors (Lipinski definition) is 5. The molecule has 1 aliphatic heterocycles. The molecular formula is C23H29N3O3. The first-order chi connectivity index (χ1) is 13.9. The number of piperidine rings is 1. The van der Waals surface area contributed by atoms with Crippen molar-refractivity contribution in [2.24, 2.45) is 5.73 Å². The average Bonchev–Trinajstić information content (AvgIpc) is 2.70. The number of ether oxygens (including phenoxy) is 1. The van der Waals surface area contributed by atoms with Crippen LogP contribution >= 0.6 is 0 Å². The second-order valence-corrected chi connectivity index (χ2v) is 7.71. The minimum absolute atomic E-state index is 0.133. The molecule has 0 bridgehead atoms. The predicted molar refractivity (Wildman–Crippen MR) is 114 cm³/mol. The zero-order chi connectivity index (χ0) is 20.9. The molecule has 0 aromatic heterocycles. The van der Waals surface area contributed by atoms with Crippen LogP contribution in [0.15, 0.2) is 54.6 Å². The van der Waals surface area contributed by atoms with Gasteiger partial charge >= 0.3 is 5.97 Å². The number of carbonyl (C=O) groups excluding carboxylic acids is 2. The van der Waals surface area contributed by atoms with Crippen LogP contribution in [0.3, 0.4) is 0 Å². The van der Waals surface area contributed by atoms with E-state index in [4.69, 9.17) is 10.5 Å². The Morgan fingerprint density at radius 2 is 1.72 bits per heavy atom. The Morgan fingerprint density at radius 3 is 2.34 bits per heavy atom. The number of primary amides is 1. The summed E-state index contributed by atoms with van der Waals surface area (Å²) in [5.74, 6) is -0.687. The highest BCUT2D eigenvalue weighted by Crippen LogP contribution is 2.37. The van der Waals surface area contributed by atoms with Crippen molar-refractivity contribution >= 4 is 17.6 Å².